The van der Waals surface area contributed by atoms with Gasteiger partial charge in [-0.1, -0.05) is 12.1 Å². The van der Waals surface area contributed by atoms with Crippen molar-refractivity contribution in [1.82, 2.24) is 15.5 Å². The van der Waals surface area contributed by atoms with Crippen LogP contribution in [0.25, 0.3) is 0 Å². The molecule has 2 aliphatic rings. The van der Waals surface area contributed by atoms with Crippen LogP contribution in [-0.4, -0.2) is 61.2 Å². The molecule has 0 aliphatic carbocycles. The van der Waals surface area contributed by atoms with E-state index in [0.29, 0.717) is 42.0 Å². The van der Waals surface area contributed by atoms with E-state index in [1.54, 1.807) is 42.3 Å². The Kier molecular flexibility index (Phi) is 8.04. The quantitative estimate of drug-likeness (QED) is 0.567. The molecule has 2 aliphatic heterocycles. The molecular formula is C26H31FN4O5. The first-order chi connectivity index (χ1) is 17.3. The molecule has 4 rings (SSSR count). The van der Waals surface area contributed by atoms with Gasteiger partial charge in [0.25, 0.3) is 5.91 Å². The van der Waals surface area contributed by atoms with Crippen LogP contribution in [0.3, 0.4) is 0 Å². The summed E-state index contributed by atoms with van der Waals surface area (Å²) in [5.74, 6) is -0.349. The van der Waals surface area contributed by atoms with Gasteiger partial charge in [-0.25, -0.2) is 9.18 Å². The summed E-state index contributed by atoms with van der Waals surface area (Å²) in [5, 5.41) is 8.17. The highest BCUT2D eigenvalue weighted by molar-refractivity contribution is 5.99. The number of benzene rings is 2. The summed E-state index contributed by atoms with van der Waals surface area (Å²) >= 11 is 0. The first kappa shape index (κ1) is 25.4. The van der Waals surface area contributed by atoms with Gasteiger partial charge in [0, 0.05) is 25.8 Å². The number of halogens is 1. The Morgan fingerprint density at radius 1 is 1.14 bits per heavy atom. The van der Waals surface area contributed by atoms with E-state index in [0.717, 1.165) is 0 Å². The van der Waals surface area contributed by atoms with Crippen LogP contribution in [0.15, 0.2) is 42.5 Å². The molecule has 0 unspecified atom stereocenters. The molecule has 2 aromatic rings. The van der Waals surface area contributed by atoms with Crippen LogP contribution < -0.4 is 20.7 Å². The fourth-order valence-corrected chi connectivity index (χ4v) is 4.57. The minimum Gasteiger partial charge on any atom is -0.490 e. The number of hydrogen-bond acceptors (Lipinski definition) is 5. The summed E-state index contributed by atoms with van der Waals surface area (Å²) in [7, 11) is 1.73. The summed E-state index contributed by atoms with van der Waals surface area (Å²) in [5.41, 5.74) is 1.54. The molecule has 4 amide bonds. The number of carbonyl (C=O) groups excluding carboxylic acids is 3. The van der Waals surface area contributed by atoms with Crippen LogP contribution in [0.4, 0.5) is 14.9 Å². The topological polar surface area (TPSA) is 109 Å². The van der Waals surface area contributed by atoms with E-state index in [1.165, 1.54) is 12.1 Å². The lowest BCUT2D eigenvalue weighted by molar-refractivity contribution is -0.134. The van der Waals surface area contributed by atoms with E-state index in [-0.39, 0.29) is 55.4 Å². The highest BCUT2D eigenvalue weighted by Crippen LogP contribution is 2.32. The Morgan fingerprint density at radius 3 is 2.75 bits per heavy atom. The van der Waals surface area contributed by atoms with Crippen molar-refractivity contribution in [3.63, 3.8) is 0 Å². The van der Waals surface area contributed by atoms with Gasteiger partial charge in [0.05, 0.1) is 24.1 Å². The SMILES string of the molecule is CCNC(=O)Nc1ccc2c(c1)C(=O)N(C)[C@@H]1CC[C@H](CC(=O)NCc3cccc(F)c3)O[C@@H]1CO2. The normalized spacial score (nSPS) is 21.2. The first-order valence-electron chi connectivity index (χ1n) is 12.1. The number of likely N-dealkylation sites (N-methyl/N-ethyl adjacent to an activating group) is 1. The van der Waals surface area contributed by atoms with Gasteiger partial charge in [-0.15, -0.1) is 0 Å². The number of fused-ring (bicyclic) bond motifs is 2. The average molecular weight is 499 g/mol. The van der Waals surface area contributed by atoms with Crippen LogP contribution in [0.1, 0.15) is 42.1 Å². The zero-order valence-corrected chi connectivity index (χ0v) is 20.4. The molecule has 10 heteroatoms. The first-order valence-corrected chi connectivity index (χ1v) is 12.1. The van der Waals surface area contributed by atoms with Crippen LogP contribution in [0, 0.1) is 5.82 Å². The van der Waals surface area contributed by atoms with E-state index in [1.807, 2.05) is 6.92 Å². The molecule has 1 saturated heterocycles. The molecule has 0 bridgehead atoms. The van der Waals surface area contributed by atoms with Crippen molar-refractivity contribution in [2.24, 2.45) is 0 Å². The molecule has 3 atom stereocenters. The number of nitrogens with one attached hydrogen (secondary N) is 3. The number of nitrogens with zero attached hydrogens (tertiary/aromatic N) is 1. The van der Waals surface area contributed by atoms with Crippen molar-refractivity contribution in [3.05, 3.63) is 59.4 Å². The number of rotatable bonds is 6. The molecule has 0 saturated carbocycles. The Morgan fingerprint density at radius 2 is 1.97 bits per heavy atom. The Hall–Kier alpha value is -3.66. The molecule has 36 heavy (non-hydrogen) atoms. The van der Waals surface area contributed by atoms with Gasteiger partial charge in [0.1, 0.15) is 24.3 Å². The van der Waals surface area contributed by atoms with Gasteiger partial charge in [0.15, 0.2) is 0 Å². The van der Waals surface area contributed by atoms with Crippen molar-refractivity contribution in [2.75, 3.05) is 25.5 Å². The molecule has 0 aromatic heterocycles. The maximum atomic E-state index is 13.3. The molecular weight excluding hydrogens is 467 g/mol. The van der Waals surface area contributed by atoms with Crippen molar-refractivity contribution in [3.8, 4) is 5.75 Å². The minimum absolute atomic E-state index is 0.168. The van der Waals surface area contributed by atoms with Crippen molar-refractivity contribution >= 4 is 23.5 Å². The third-order valence-corrected chi connectivity index (χ3v) is 6.40. The molecule has 2 aromatic carbocycles. The largest absolute Gasteiger partial charge is 0.490 e. The predicted octanol–water partition coefficient (Wildman–Crippen LogP) is 3.05. The standard InChI is InChI=1S/C26H31FN4O5/c1-3-28-26(34)30-18-7-10-22-20(12-18)25(33)31(2)21-9-8-19(36-23(21)15-35-22)13-24(32)29-14-16-5-4-6-17(27)11-16/h4-7,10-12,19,21,23H,3,8-9,13-15H2,1-2H3,(H,29,32)(H2,28,30,34)/t19-,21-,23-/m1/s1. The Balaban J connectivity index is 1.37. The van der Waals surface area contributed by atoms with E-state index in [9.17, 15) is 18.8 Å². The lowest BCUT2D eigenvalue weighted by atomic mass is 9.94. The van der Waals surface area contributed by atoms with Crippen molar-refractivity contribution in [2.45, 2.75) is 51.0 Å². The van der Waals surface area contributed by atoms with Crippen molar-refractivity contribution in [1.29, 1.82) is 0 Å². The number of ether oxygens (including phenoxy) is 2. The number of amides is 4. The van der Waals surface area contributed by atoms with Gasteiger partial charge >= 0.3 is 6.03 Å². The maximum absolute atomic E-state index is 13.3. The van der Waals surface area contributed by atoms with Gasteiger partial charge in [0.2, 0.25) is 5.91 Å². The lowest BCUT2D eigenvalue weighted by Crippen LogP contribution is -2.53. The zero-order chi connectivity index (χ0) is 25.7. The van der Waals surface area contributed by atoms with Crippen LogP contribution in [-0.2, 0) is 16.1 Å². The molecule has 0 radical (unpaired) electrons. The van der Waals surface area contributed by atoms with Gasteiger partial charge in [-0.2, -0.15) is 0 Å². The van der Waals surface area contributed by atoms with E-state index in [2.05, 4.69) is 16.0 Å². The third kappa shape index (κ3) is 6.12. The molecule has 0 spiro atoms. The Bertz CT molecular complexity index is 1130. The fraction of sp³-hybridized carbons (Fsp3) is 0.423. The summed E-state index contributed by atoms with van der Waals surface area (Å²) < 4.78 is 25.5. The fourth-order valence-electron chi connectivity index (χ4n) is 4.57. The second kappa shape index (κ2) is 11.4. The minimum atomic E-state index is -0.394. The van der Waals surface area contributed by atoms with Gasteiger partial charge in [-0.05, 0) is 55.7 Å². The molecule has 3 N–H and O–H groups in total. The van der Waals surface area contributed by atoms with Crippen LogP contribution in [0.5, 0.6) is 5.75 Å². The lowest BCUT2D eigenvalue weighted by Gasteiger charge is -2.42. The van der Waals surface area contributed by atoms with E-state index >= 15 is 0 Å². The van der Waals surface area contributed by atoms with Crippen molar-refractivity contribution < 1.29 is 28.2 Å². The van der Waals surface area contributed by atoms with E-state index in [4.69, 9.17) is 9.47 Å². The molecule has 2 heterocycles. The predicted molar refractivity (Wildman–Crippen MR) is 131 cm³/mol. The van der Waals surface area contributed by atoms with E-state index < -0.39 is 6.10 Å². The monoisotopic (exact) mass is 498 g/mol. The second-order valence-corrected chi connectivity index (χ2v) is 8.97. The molecule has 9 nitrogen and oxygen atoms in total. The van der Waals surface area contributed by atoms with Crippen LogP contribution in [0.2, 0.25) is 0 Å². The second-order valence-electron chi connectivity index (χ2n) is 8.97. The number of urea groups is 1. The smallest absolute Gasteiger partial charge is 0.319 e. The van der Waals surface area contributed by atoms with Gasteiger partial charge in [-0.3, -0.25) is 9.59 Å². The zero-order valence-electron chi connectivity index (χ0n) is 20.4. The Labute approximate surface area is 209 Å². The number of anilines is 1. The molecule has 1 fully saturated rings. The molecule has 192 valence electrons. The average Bonchev–Trinajstić information content (AvgIpc) is 2.85. The number of hydrogen-bond donors (Lipinski definition) is 3. The highest BCUT2D eigenvalue weighted by Gasteiger charge is 2.39. The highest BCUT2D eigenvalue weighted by atomic mass is 19.1. The van der Waals surface area contributed by atoms with Gasteiger partial charge < -0.3 is 30.3 Å². The maximum Gasteiger partial charge on any atom is 0.319 e. The summed E-state index contributed by atoms with van der Waals surface area (Å²) in [6, 6.07) is 10.5. The summed E-state index contributed by atoms with van der Waals surface area (Å²) in [6.45, 7) is 2.77. The third-order valence-electron chi connectivity index (χ3n) is 6.40. The van der Waals surface area contributed by atoms with Crippen LogP contribution >= 0.6 is 0 Å². The summed E-state index contributed by atoms with van der Waals surface area (Å²) in [4.78, 5) is 39.3. The summed E-state index contributed by atoms with van der Waals surface area (Å²) in [6.07, 6.45) is 0.729. The number of carbonyl (C=O) groups is 3.